The van der Waals surface area contributed by atoms with Gasteiger partial charge in [-0.1, -0.05) is 78.7 Å². The number of carbonyl (C=O) groups is 3. The van der Waals surface area contributed by atoms with Crippen LogP contribution in [0.5, 0.6) is 0 Å². The fourth-order valence-electron chi connectivity index (χ4n) is 9.52. The minimum atomic E-state index is -0.495. The molecular formula is C47H45Cl2N5O4. The minimum absolute atomic E-state index is 0.116. The maximum atomic E-state index is 15.1. The second-order valence-corrected chi connectivity index (χ2v) is 16.6. The van der Waals surface area contributed by atoms with Crippen molar-refractivity contribution in [3.05, 3.63) is 141 Å². The highest BCUT2D eigenvalue weighted by Crippen LogP contribution is 2.53. The number of likely N-dealkylation sites (tertiary alicyclic amines) is 1. The van der Waals surface area contributed by atoms with E-state index in [0.717, 1.165) is 88.8 Å². The molecule has 2 amide bonds. The lowest BCUT2D eigenvalue weighted by Gasteiger charge is -2.41. The van der Waals surface area contributed by atoms with Gasteiger partial charge in [0.15, 0.2) is 0 Å². The fourth-order valence-corrected chi connectivity index (χ4v) is 9.87. The summed E-state index contributed by atoms with van der Waals surface area (Å²) in [6, 6.07) is 27.4. The number of amides is 2. The second-order valence-electron chi connectivity index (χ2n) is 15.7. The van der Waals surface area contributed by atoms with Crippen molar-refractivity contribution >= 4 is 74.5 Å². The molecule has 2 atom stereocenters. The van der Waals surface area contributed by atoms with Crippen LogP contribution in [0.25, 0.3) is 22.2 Å². The molecule has 296 valence electrons. The van der Waals surface area contributed by atoms with Crippen molar-refractivity contribution in [2.45, 2.75) is 57.5 Å². The molecule has 11 heteroatoms. The number of rotatable bonds is 7. The van der Waals surface area contributed by atoms with Crippen molar-refractivity contribution in [2.24, 2.45) is 5.92 Å². The molecule has 4 aromatic carbocycles. The van der Waals surface area contributed by atoms with Gasteiger partial charge in [0.25, 0.3) is 5.91 Å². The van der Waals surface area contributed by atoms with Gasteiger partial charge in [-0.05, 0) is 103 Å². The third-order valence-corrected chi connectivity index (χ3v) is 12.7. The van der Waals surface area contributed by atoms with Crippen molar-refractivity contribution in [2.75, 3.05) is 37.0 Å². The number of ether oxygens (including phenoxy) is 1. The number of halogens is 2. The minimum Gasteiger partial charge on any atom is -0.465 e. The van der Waals surface area contributed by atoms with Crippen LogP contribution in [0, 0.1) is 5.92 Å². The number of nitrogens with zero attached hydrogens (tertiary/aromatic N) is 3. The number of anilines is 2. The van der Waals surface area contributed by atoms with Gasteiger partial charge in [0.05, 0.1) is 35.8 Å². The molecule has 0 radical (unpaired) electrons. The van der Waals surface area contributed by atoms with E-state index in [1.54, 1.807) is 12.1 Å². The number of aromatic amines is 1. The number of fused-ring (bicyclic) bond motifs is 2. The third kappa shape index (κ3) is 6.84. The molecule has 1 aromatic heterocycles. The van der Waals surface area contributed by atoms with Gasteiger partial charge in [0.1, 0.15) is 5.69 Å². The first-order valence-electron chi connectivity index (χ1n) is 20.1. The van der Waals surface area contributed by atoms with Gasteiger partial charge >= 0.3 is 5.97 Å². The lowest BCUT2D eigenvalue weighted by molar-refractivity contribution is -0.136. The van der Waals surface area contributed by atoms with Crippen molar-refractivity contribution in [1.29, 1.82) is 0 Å². The van der Waals surface area contributed by atoms with Gasteiger partial charge in [-0.15, -0.1) is 0 Å². The molecule has 9 nitrogen and oxygen atoms in total. The molecule has 0 saturated carbocycles. The zero-order valence-corrected chi connectivity index (χ0v) is 34.1. The van der Waals surface area contributed by atoms with E-state index >= 15 is 4.79 Å². The molecular weight excluding hydrogens is 769 g/mol. The summed E-state index contributed by atoms with van der Waals surface area (Å²) in [6.07, 6.45) is 9.41. The Kier molecular flexibility index (Phi) is 10.3. The first-order valence-corrected chi connectivity index (χ1v) is 20.9. The summed E-state index contributed by atoms with van der Waals surface area (Å²) >= 11 is 13.3. The number of hydrogen-bond acceptors (Lipinski definition) is 6. The zero-order chi connectivity index (χ0) is 40.1. The average molecular weight is 815 g/mol. The molecule has 5 aromatic rings. The van der Waals surface area contributed by atoms with E-state index in [9.17, 15) is 9.59 Å². The largest absolute Gasteiger partial charge is 0.465 e. The normalized spacial score (nSPS) is 19.7. The van der Waals surface area contributed by atoms with Crippen molar-refractivity contribution < 1.29 is 19.1 Å². The Morgan fingerprint density at radius 1 is 0.897 bits per heavy atom. The summed E-state index contributed by atoms with van der Waals surface area (Å²) in [5.74, 6) is -0.485. The first-order chi connectivity index (χ1) is 28.2. The van der Waals surface area contributed by atoms with E-state index in [4.69, 9.17) is 27.9 Å². The second kappa shape index (κ2) is 15.7. The lowest BCUT2D eigenvalue weighted by atomic mass is 9.82. The number of piperidine rings is 2. The Morgan fingerprint density at radius 3 is 2.41 bits per heavy atom. The standard InChI is InChI=1S/C47H45Cl2N5O4/c1-28-9-8-22-54-44(30-13-16-32(48)17-14-30)35-26-33(49)27-37-41(35)42(45(54)40(28)29-10-4-3-5-11-29)43(50-37)46(56)51-36-25-31(47(57)58-2)15-18-38(36)52-23-19-34(20-24-52)53-21-7-6-12-39(53)55/h3-5,8,10-11,13-18,22,25-28,34,44,50H,6-7,9,12,19-21,23-24H2,1-2H3,(H,51,56). The molecule has 5 heterocycles. The first kappa shape index (κ1) is 38.0. The predicted octanol–water partition coefficient (Wildman–Crippen LogP) is 10.3. The summed E-state index contributed by atoms with van der Waals surface area (Å²) in [6.45, 7) is 4.45. The monoisotopic (exact) mass is 813 g/mol. The van der Waals surface area contributed by atoms with E-state index in [0.29, 0.717) is 46.5 Å². The molecule has 4 aliphatic heterocycles. The van der Waals surface area contributed by atoms with Crippen LogP contribution in [0.2, 0.25) is 10.0 Å². The van der Waals surface area contributed by atoms with Crippen LogP contribution in [-0.4, -0.2) is 65.4 Å². The SMILES string of the molecule is COC(=O)c1ccc(N2CCC(N3CCCCC3=O)CC2)c(NC(=O)c2[nH]c3cc(Cl)cc4c3c2C2=C(c3ccccc3)C(C)CC=CN2C4c2ccc(Cl)cc2)c1. The topological polar surface area (TPSA) is 98.0 Å². The number of allylic oxidation sites excluding steroid dienone is 2. The van der Waals surface area contributed by atoms with E-state index < -0.39 is 5.97 Å². The Morgan fingerprint density at radius 2 is 1.67 bits per heavy atom. The highest BCUT2D eigenvalue weighted by Gasteiger charge is 2.40. The average Bonchev–Trinajstić information content (AvgIpc) is 3.53. The summed E-state index contributed by atoms with van der Waals surface area (Å²) in [5.41, 5.74) is 8.72. The Labute approximate surface area is 348 Å². The van der Waals surface area contributed by atoms with E-state index in [-0.39, 0.29) is 29.8 Å². The van der Waals surface area contributed by atoms with Crippen molar-refractivity contribution in [1.82, 2.24) is 14.8 Å². The zero-order valence-electron chi connectivity index (χ0n) is 32.6. The van der Waals surface area contributed by atoms with Gasteiger partial charge in [-0.3, -0.25) is 9.59 Å². The molecule has 0 bridgehead atoms. The number of hydrogen-bond donors (Lipinski definition) is 2. The predicted molar refractivity (Wildman–Crippen MR) is 231 cm³/mol. The Hall–Kier alpha value is -5.51. The number of esters is 1. The van der Waals surface area contributed by atoms with Gasteiger partial charge in [0, 0.05) is 64.8 Å². The summed E-state index contributed by atoms with van der Waals surface area (Å²) in [4.78, 5) is 50.9. The maximum Gasteiger partial charge on any atom is 0.337 e. The van der Waals surface area contributed by atoms with Crippen LogP contribution < -0.4 is 10.2 Å². The third-order valence-electron chi connectivity index (χ3n) is 12.2. The van der Waals surface area contributed by atoms with Crippen LogP contribution in [0.15, 0.2) is 97.2 Å². The molecule has 58 heavy (non-hydrogen) atoms. The molecule has 4 aliphatic rings. The number of methoxy groups -OCH3 is 1. The summed E-state index contributed by atoms with van der Waals surface area (Å²) < 4.78 is 5.11. The lowest BCUT2D eigenvalue weighted by Crippen LogP contribution is -2.49. The number of carbonyl (C=O) groups excluding carboxylic acids is 3. The Balaban J connectivity index is 1.18. The number of H-pyrrole nitrogens is 1. The van der Waals surface area contributed by atoms with Crippen LogP contribution in [0.4, 0.5) is 11.4 Å². The maximum absolute atomic E-state index is 15.1. The Bertz CT molecular complexity index is 2490. The van der Waals surface area contributed by atoms with Crippen LogP contribution in [0.1, 0.15) is 94.6 Å². The quantitative estimate of drug-likeness (QED) is 0.159. The number of benzene rings is 4. The van der Waals surface area contributed by atoms with Gasteiger partial charge in [0.2, 0.25) is 5.91 Å². The van der Waals surface area contributed by atoms with E-state index in [2.05, 4.69) is 80.6 Å². The highest BCUT2D eigenvalue weighted by atomic mass is 35.5. The molecule has 0 aliphatic carbocycles. The van der Waals surface area contributed by atoms with Crippen LogP contribution in [0.3, 0.4) is 0 Å². The molecule has 0 spiro atoms. The highest BCUT2D eigenvalue weighted by molar-refractivity contribution is 6.32. The molecule has 2 saturated heterocycles. The van der Waals surface area contributed by atoms with E-state index in [1.165, 1.54) is 7.11 Å². The van der Waals surface area contributed by atoms with Crippen molar-refractivity contribution in [3.63, 3.8) is 0 Å². The number of aromatic nitrogens is 1. The molecule has 9 rings (SSSR count). The van der Waals surface area contributed by atoms with Gasteiger partial charge in [-0.25, -0.2) is 4.79 Å². The molecule has 2 fully saturated rings. The van der Waals surface area contributed by atoms with E-state index in [1.807, 2.05) is 36.4 Å². The van der Waals surface area contributed by atoms with Gasteiger partial charge < -0.3 is 29.7 Å². The fraction of sp³-hybridized carbons (Fsp3) is 0.298. The molecule has 2 unspecified atom stereocenters. The van der Waals surface area contributed by atoms with Crippen LogP contribution in [-0.2, 0) is 9.53 Å². The molecule has 2 N–H and O–H groups in total. The summed E-state index contributed by atoms with van der Waals surface area (Å²) in [5, 5.41) is 5.38. The van der Waals surface area contributed by atoms with Gasteiger partial charge in [-0.2, -0.15) is 0 Å². The smallest absolute Gasteiger partial charge is 0.337 e. The van der Waals surface area contributed by atoms with Crippen LogP contribution >= 0.6 is 23.2 Å². The summed E-state index contributed by atoms with van der Waals surface area (Å²) in [7, 11) is 1.35. The number of nitrogens with one attached hydrogen (secondary N) is 2. The van der Waals surface area contributed by atoms with Crippen molar-refractivity contribution in [3.8, 4) is 0 Å².